The lowest BCUT2D eigenvalue weighted by Crippen LogP contribution is -2.57. The van der Waals surface area contributed by atoms with Crippen molar-refractivity contribution in [2.24, 2.45) is 5.92 Å². The van der Waals surface area contributed by atoms with Gasteiger partial charge in [-0.25, -0.2) is 9.59 Å². The Morgan fingerprint density at radius 1 is 0.750 bits per heavy atom. The zero-order valence-corrected chi connectivity index (χ0v) is 32.6. The average molecular weight is 797 g/mol. The lowest BCUT2D eigenvalue weighted by Gasteiger charge is -2.26. The number of carbonyl (C=O) groups is 6. The van der Waals surface area contributed by atoms with E-state index >= 15 is 0 Å². The molecule has 0 aliphatic carbocycles. The molecule has 0 spiro atoms. The molecular formula is C39H52N6O10S. The summed E-state index contributed by atoms with van der Waals surface area (Å²) in [7, 11) is 0. The molecule has 0 saturated carbocycles. The molecule has 4 atom stereocenters. The molecule has 5 amide bonds. The van der Waals surface area contributed by atoms with Gasteiger partial charge in [0.05, 0.1) is 0 Å². The highest BCUT2D eigenvalue weighted by Crippen LogP contribution is 2.19. The van der Waals surface area contributed by atoms with Gasteiger partial charge in [0.2, 0.25) is 35.9 Å². The Morgan fingerprint density at radius 2 is 1.36 bits per heavy atom. The Balaban J connectivity index is 1.65. The molecule has 4 unspecified atom stereocenters. The number of rotatable bonds is 24. The largest absolute Gasteiger partial charge is 0.492 e. The van der Waals surface area contributed by atoms with Crippen molar-refractivity contribution in [2.45, 2.75) is 83.1 Å². The number of ether oxygens (including phenoxy) is 1. The first-order valence-corrected chi connectivity index (χ1v) is 19.7. The van der Waals surface area contributed by atoms with Crippen LogP contribution in [0, 0.1) is 5.92 Å². The number of hydrogen-bond donors (Lipinski definition) is 7. The van der Waals surface area contributed by atoms with Crippen LogP contribution in [-0.2, 0) is 41.7 Å². The third-order valence-corrected chi connectivity index (χ3v) is 9.08. The van der Waals surface area contributed by atoms with Gasteiger partial charge >= 0.3 is 12.1 Å². The van der Waals surface area contributed by atoms with Crippen molar-refractivity contribution < 1.29 is 48.6 Å². The van der Waals surface area contributed by atoms with E-state index in [1.165, 1.54) is 11.8 Å². The molecule has 2 aromatic carbocycles. The van der Waals surface area contributed by atoms with Gasteiger partial charge in [-0.15, -0.1) is 4.73 Å². The Bertz CT molecular complexity index is 1690. The predicted octanol–water partition coefficient (Wildman–Crippen LogP) is 2.56. The number of amides is 5. The predicted molar refractivity (Wildman–Crippen MR) is 209 cm³/mol. The van der Waals surface area contributed by atoms with E-state index in [-0.39, 0.29) is 38.3 Å². The number of nitrogens with zero attached hydrogens (tertiary/aromatic N) is 1. The number of aromatic nitrogens is 1. The Morgan fingerprint density at radius 3 is 1.96 bits per heavy atom. The van der Waals surface area contributed by atoms with E-state index in [4.69, 9.17) is 9.57 Å². The van der Waals surface area contributed by atoms with E-state index < -0.39 is 65.7 Å². The van der Waals surface area contributed by atoms with Crippen LogP contribution < -0.4 is 31.4 Å². The summed E-state index contributed by atoms with van der Waals surface area (Å²) in [5.41, 5.74) is 1.51. The average Bonchev–Trinajstić information content (AvgIpc) is 3.50. The topological polar surface area (TPSA) is 226 Å². The maximum atomic E-state index is 13.7. The van der Waals surface area contributed by atoms with Crippen LogP contribution >= 0.6 is 11.8 Å². The van der Waals surface area contributed by atoms with Crippen molar-refractivity contribution in [1.29, 1.82) is 0 Å². The van der Waals surface area contributed by atoms with Crippen LogP contribution in [0.5, 0.6) is 11.8 Å². The number of nitrogens with one attached hydrogen (secondary N) is 5. The van der Waals surface area contributed by atoms with Gasteiger partial charge in [-0.1, -0.05) is 74.5 Å². The summed E-state index contributed by atoms with van der Waals surface area (Å²) in [6.45, 7) is 3.88. The summed E-state index contributed by atoms with van der Waals surface area (Å²) in [6.07, 6.45) is 2.93. The molecule has 3 aromatic rings. The van der Waals surface area contributed by atoms with Gasteiger partial charge in [0.1, 0.15) is 30.8 Å². The monoisotopic (exact) mass is 796 g/mol. The standard InChI is InChI=1S/C39H52N6O10S/c1-26(2)22-31(42-36(50)29(41-25-46)19-21-56-3)37(51)43-32(23-27-12-6-4-7-13-27)35(49)40-20-11-10-16-30(38(52)55-45-33(47)17-18-34(45)48)44-39(53)54-24-28-14-8-5-9-15-28/h4-9,12-15,17-18,25-26,29-32,47-48H,10-11,16,19-24H2,1-3H3,(H,40,49)(H,41,46)(H,42,50)(H,43,51)(H,44,53). The van der Waals surface area contributed by atoms with Crippen LogP contribution in [0.1, 0.15) is 57.1 Å². The molecule has 1 aromatic heterocycles. The van der Waals surface area contributed by atoms with Crippen molar-refractivity contribution in [3.05, 3.63) is 83.9 Å². The van der Waals surface area contributed by atoms with E-state index in [2.05, 4.69) is 26.6 Å². The SMILES string of the molecule is CSCCC(NC=O)C(=O)NC(CC(C)C)C(=O)NC(Cc1ccccc1)C(=O)NCCCCC(NC(=O)OCc1ccccc1)C(=O)On1c(O)ccc1O. The molecular weight excluding hydrogens is 745 g/mol. The molecule has 3 rings (SSSR count). The second-order valence-corrected chi connectivity index (χ2v) is 14.3. The first-order chi connectivity index (χ1) is 26.9. The third kappa shape index (κ3) is 15.6. The molecule has 56 heavy (non-hydrogen) atoms. The van der Waals surface area contributed by atoms with Gasteiger partial charge in [-0.05, 0) is 61.2 Å². The van der Waals surface area contributed by atoms with E-state index in [0.717, 1.165) is 23.3 Å². The van der Waals surface area contributed by atoms with Crippen LogP contribution in [0.3, 0.4) is 0 Å². The summed E-state index contributed by atoms with van der Waals surface area (Å²) in [4.78, 5) is 82.4. The molecule has 16 nitrogen and oxygen atoms in total. The zero-order valence-electron chi connectivity index (χ0n) is 31.8. The van der Waals surface area contributed by atoms with Crippen LogP contribution in [0.4, 0.5) is 4.79 Å². The highest BCUT2D eigenvalue weighted by atomic mass is 32.2. The molecule has 0 radical (unpaired) electrons. The molecule has 0 bridgehead atoms. The lowest BCUT2D eigenvalue weighted by molar-refractivity contribution is -0.148. The fourth-order valence-electron chi connectivity index (χ4n) is 5.53. The second kappa shape index (κ2) is 23.9. The van der Waals surface area contributed by atoms with Crippen molar-refractivity contribution in [1.82, 2.24) is 31.3 Å². The first-order valence-electron chi connectivity index (χ1n) is 18.3. The molecule has 0 fully saturated rings. The minimum absolute atomic E-state index is 0.0112. The molecule has 0 aliphatic rings. The second-order valence-electron chi connectivity index (χ2n) is 13.4. The normalized spacial score (nSPS) is 13.0. The third-order valence-electron chi connectivity index (χ3n) is 8.44. The number of benzene rings is 2. The Kier molecular flexibility index (Phi) is 19.1. The summed E-state index contributed by atoms with van der Waals surface area (Å²) < 4.78 is 5.77. The highest BCUT2D eigenvalue weighted by Gasteiger charge is 2.30. The van der Waals surface area contributed by atoms with Gasteiger partial charge in [0.15, 0.2) is 0 Å². The van der Waals surface area contributed by atoms with Crippen molar-refractivity contribution in [3.63, 3.8) is 0 Å². The van der Waals surface area contributed by atoms with Crippen molar-refractivity contribution >= 4 is 48.0 Å². The van der Waals surface area contributed by atoms with E-state index in [1.807, 2.05) is 56.5 Å². The molecule has 0 aliphatic heterocycles. The van der Waals surface area contributed by atoms with E-state index in [1.54, 1.807) is 24.3 Å². The molecule has 17 heteroatoms. The minimum Gasteiger partial charge on any atom is -0.492 e. The fraction of sp³-hybridized carbons (Fsp3) is 0.436. The number of unbranched alkanes of at least 4 members (excludes halogenated alkanes) is 1. The van der Waals surface area contributed by atoms with Gasteiger partial charge < -0.3 is 46.4 Å². The summed E-state index contributed by atoms with van der Waals surface area (Å²) in [5.74, 6) is -2.97. The maximum absolute atomic E-state index is 13.7. The first kappa shape index (κ1) is 44.7. The Labute approximate surface area is 330 Å². The number of thioether (sulfide) groups is 1. The molecule has 0 saturated heterocycles. The van der Waals surface area contributed by atoms with Gasteiger partial charge in [-0.3, -0.25) is 19.2 Å². The molecule has 7 N–H and O–H groups in total. The van der Waals surface area contributed by atoms with Gasteiger partial charge in [-0.2, -0.15) is 11.8 Å². The number of carbonyl (C=O) groups excluding carboxylic acids is 6. The van der Waals surface area contributed by atoms with Crippen LogP contribution in [0.15, 0.2) is 72.8 Å². The quantitative estimate of drug-likeness (QED) is 0.0515. The van der Waals surface area contributed by atoms with Crippen molar-refractivity contribution in [3.8, 4) is 11.8 Å². The number of aromatic hydroxyl groups is 2. The summed E-state index contributed by atoms with van der Waals surface area (Å²) in [5, 5.41) is 33.3. The van der Waals surface area contributed by atoms with E-state index in [0.29, 0.717) is 36.2 Å². The number of hydrogen-bond acceptors (Lipinski definition) is 11. The van der Waals surface area contributed by atoms with Gasteiger partial charge in [0.25, 0.3) is 0 Å². The highest BCUT2D eigenvalue weighted by molar-refractivity contribution is 7.98. The van der Waals surface area contributed by atoms with Crippen molar-refractivity contribution in [2.75, 3.05) is 18.6 Å². The van der Waals surface area contributed by atoms with Crippen LogP contribution in [0.25, 0.3) is 0 Å². The molecule has 304 valence electrons. The molecule has 1 heterocycles. The summed E-state index contributed by atoms with van der Waals surface area (Å²) in [6, 6.07) is 16.2. The van der Waals surface area contributed by atoms with E-state index in [9.17, 15) is 39.0 Å². The Hall–Kier alpha value is -5.71. The lowest BCUT2D eigenvalue weighted by atomic mass is 10.0. The van der Waals surface area contributed by atoms with Gasteiger partial charge in [0, 0.05) is 25.1 Å². The minimum atomic E-state index is -1.25. The fourth-order valence-corrected chi connectivity index (χ4v) is 6.00. The number of alkyl carbamates (subject to hydrolysis) is 1. The summed E-state index contributed by atoms with van der Waals surface area (Å²) >= 11 is 1.52. The van der Waals surface area contributed by atoms with Crippen LogP contribution in [0.2, 0.25) is 0 Å². The maximum Gasteiger partial charge on any atom is 0.408 e. The van der Waals surface area contributed by atoms with Crippen LogP contribution in [-0.4, -0.2) is 93.9 Å². The zero-order chi connectivity index (χ0) is 40.9. The smallest absolute Gasteiger partial charge is 0.408 e.